The molecule has 0 aliphatic carbocycles. The summed E-state index contributed by atoms with van der Waals surface area (Å²) in [6.45, 7) is 8.41. The van der Waals surface area contributed by atoms with E-state index in [1.54, 1.807) is 6.08 Å². The fraction of sp³-hybridized carbons (Fsp3) is 0.261. The fourth-order valence-corrected chi connectivity index (χ4v) is 3.95. The van der Waals surface area contributed by atoms with Crippen molar-refractivity contribution in [2.24, 2.45) is 0 Å². The van der Waals surface area contributed by atoms with Crippen molar-refractivity contribution in [3.63, 3.8) is 0 Å². The lowest BCUT2D eigenvalue weighted by atomic mass is 10.2. The van der Waals surface area contributed by atoms with Crippen molar-refractivity contribution in [3.8, 4) is 5.75 Å². The third kappa shape index (κ3) is 6.45. The number of anilines is 1. The number of ether oxygens (including phenoxy) is 1. The molecular formula is C23H25BrN4O2S. The minimum absolute atomic E-state index is 0.109. The Labute approximate surface area is 195 Å². The van der Waals surface area contributed by atoms with Gasteiger partial charge in [0, 0.05) is 16.7 Å². The van der Waals surface area contributed by atoms with Gasteiger partial charge in [-0.05, 0) is 55.3 Å². The minimum atomic E-state index is -0.300. The third-order valence-electron chi connectivity index (χ3n) is 4.53. The Bertz CT molecular complexity index is 1020. The molecule has 1 atom stereocenters. The number of halogens is 1. The number of nitrogens with one attached hydrogen (secondary N) is 1. The number of aromatic nitrogens is 3. The van der Waals surface area contributed by atoms with Crippen molar-refractivity contribution in [2.45, 2.75) is 38.1 Å². The van der Waals surface area contributed by atoms with Crippen molar-refractivity contribution in [1.82, 2.24) is 14.8 Å². The summed E-state index contributed by atoms with van der Waals surface area (Å²) in [5.41, 5.74) is 2.01. The molecule has 1 amide bonds. The van der Waals surface area contributed by atoms with Crippen molar-refractivity contribution >= 4 is 39.3 Å². The number of thioether (sulfide) groups is 1. The molecule has 1 aromatic heterocycles. The largest absolute Gasteiger partial charge is 0.483 e. The van der Waals surface area contributed by atoms with E-state index in [-0.39, 0.29) is 17.8 Å². The Balaban J connectivity index is 1.65. The summed E-state index contributed by atoms with van der Waals surface area (Å²) in [7, 11) is 0. The molecule has 6 nitrogen and oxygen atoms in total. The van der Waals surface area contributed by atoms with Gasteiger partial charge >= 0.3 is 0 Å². The summed E-state index contributed by atoms with van der Waals surface area (Å²) < 4.78 is 8.95. The Hall–Kier alpha value is -2.58. The summed E-state index contributed by atoms with van der Waals surface area (Å²) in [6, 6.07) is 15.5. The summed E-state index contributed by atoms with van der Waals surface area (Å²) >= 11 is 4.72. The highest BCUT2D eigenvalue weighted by molar-refractivity contribution is 9.10. The van der Waals surface area contributed by atoms with E-state index in [1.807, 2.05) is 47.9 Å². The first-order valence-corrected chi connectivity index (χ1v) is 11.8. The Morgan fingerprint density at radius 2 is 1.94 bits per heavy atom. The zero-order valence-corrected chi connectivity index (χ0v) is 19.9. The van der Waals surface area contributed by atoms with Gasteiger partial charge in [-0.15, -0.1) is 16.8 Å². The van der Waals surface area contributed by atoms with Crippen LogP contribution in [0.2, 0.25) is 0 Å². The Morgan fingerprint density at radius 1 is 1.23 bits per heavy atom. The van der Waals surface area contributed by atoms with Crippen LogP contribution < -0.4 is 10.1 Å². The smallest absolute Gasteiger partial charge is 0.234 e. The average molecular weight is 501 g/mol. The number of nitrogens with zero attached hydrogens (tertiary/aromatic N) is 3. The van der Waals surface area contributed by atoms with Crippen LogP contribution in [0.1, 0.15) is 31.3 Å². The summed E-state index contributed by atoms with van der Waals surface area (Å²) in [5, 5.41) is 12.1. The quantitative estimate of drug-likeness (QED) is 0.287. The maximum Gasteiger partial charge on any atom is 0.234 e. The van der Waals surface area contributed by atoms with Gasteiger partial charge in [0.15, 0.2) is 17.1 Å². The number of carbonyl (C=O) groups is 1. The summed E-state index contributed by atoms with van der Waals surface area (Å²) in [4.78, 5) is 12.3. The van der Waals surface area contributed by atoms with Crippen LogP contribution in [0.15, 0.2) is 70.8 Å². The van der Waals surface area contributed by atoms with Gasteiger partial charge in [0.25, 0.3) is 0 Å². The number of amides is 1. The zero-order chi connectivity index (χ0) is 22.2. The number of allylic oxidation sites excluding steroid dienone is 1. The number of aryl methyl sites for hydroxylation is 1. The van der Waals surface area contributed by atoms with E-state index in [0.717, 1.165) is 22.3 Å². The first kappa shape index (κ1) is 23.1. The van der Waals surface area contributed by atoms with Gasteiger partial charge in [-0.25, -0.2) is 0 Å². The molecule has 0 aliphatic rings. The molecule has 0 aliphatic heterocycles. The summed E-state index contributed by atoms with van der Waals surface area (Å²) in [6.07, 6.45) is 2.46. The standard InChI is InChI=1S/C23H25BrN4O2S/c1-4-14-28-22(16(3)30-20-12-6-17(5-2)7-13-20)26-27-23(28)31-15-21(29)25-19-10-8-18(24)9-11-19/h4,6-13,16H,1,5,14-15H2,2-3H3,(H,25,29). The molecule has 0 spiro atoms. The molecule has 0 radical (unpaired) electrons. The molecule has 1 N–H and O–H groups in total. The first-order chi connectivity index (χ1) is 15.0. The molecular weight excluding hydrogens is 476 g/mol. The van der Waals surface area contributed by atoms with Crippen molar-refractivity contribution in [1.29, 1.82) is 0 Å². The molecule has 0 fully saturated rings. The van der Waals surface area contributed by atoms with E-state index >= 15 is 0 Å². The van der Waals surface area contributed by atoms with Crippen LogP contribution in [-0.4, -0.2) is 26.4 Å². The number of carbonyl (C=O) groups excluding carboxylic acids is 1. The second-order valence-corrected chi connectivity index (χ2v) is 8.70. The molecule has 8 heteroatoms. The monoisotopic (exact) mass is 500 g/mol. The molecule has 1 unspecified atom stereocenters. The van der Waals surface area contributed by atoms with Crippen LogP contribution in [-0.2, 0) is 17.8 Å². The van der Waals surface area contributed by atoms with Crippen molar-refractivity contribution < 1.29 is 9.53 Å². The molecule has 31 heavy (non-hydrogen) atoms. The van der Waals surface area contributed by atoms with Crippen LogP contribution in [0.4, 0.5) is 5.69 Å². The van der Waals surface area contributed by atoms with E-state index in [9.17, 15) is 4.79 Å². The normalized spacial score (nSPS) is 11.7. The molecule has 3 aromatic rings. The molecule has 1 heterocycles. The number of benzene rings is 2. The molecule has 0 saturated carbocycles. The molecule has 3 rings (SSSR count). The fourth-order valence-electron chi connectivity index (χ4n) is 2.93. The molecule has 162 valence electrons. The van der Waals surface area contributed by atoms with Gasteiger partial charge in [0.2, 0.25) is 5.91 Å². The number of rotatable bonds is 10. The number of hydrogen-bond donors (Lipinski definition) is 1. The van der Waals surface area contributed by atoms with Gasteiger partial charge < -0.3 is 10.1 Å². The summed E-state index contributed by atoms with van der Waals surface area (Å²) in [5.74, 6) is 1.58. The highest BCUT2D eigenvalue weighted by Crippen LogP contribution is 2.25. The van der Waals surface area contributed by atoms with Gasteiger partial charge in [-0.2, -0.15) is 0 Å². The predicted octanol–water partition coefficient (Wildman–Crippen LogP) is 5.66. The average Bonchev–Trinajstić information content (AvgIpc) is 3.17. The molecule has 0 saturated heterocycles. The zero-order valence-electron chi connectivity index (χ0n) is 17.5. The Morgan fingerprint density at radius 3 is 2.58 bits per heavy atom. The van der Waals surface area contributed by atoms with E-state index in [1.165, 1.54) is 17.3 Å². The van der Waals surface area contributed by atoms with E-state index in [4.69, 9.17) is 4.74 Å². The SMILES string of the molecule is C=CCn1c(SCC(=O)Nc2ccc(Br)cc2)nnc1C(C)Oc1ccc(CC)cc1. The lowest BCUT2D eigenvalue weighted by Crippen LogP contribution is -2.15. The highest BCUT2D eigenvalue weighted by Gasteiger charge is 2.20. The van der Waals surface area contributed by atoms with Crippen LogP contribution in [0.25, 0.3) is 0 Å². The molecule has 2 aromatic carbocycles. The van der Waals surface area contributed by atoms with Gasteiger partial charge in [0.1, 0.15) is 5.75 Å². The lowest BCUT2D eigenvalue weighted by Gasteiger charge is -2.16. The van der Waals surface area contributed by atoms with E-state index in [2.05, 4.69) is 57.1 Å². The maximum absolute atomic E-state index is 12.3. The number of hydrogen-bond acceptors (Lipinski definition) is 5. The second-order valence-electron chi connectivity index (χ2n) is 6.84. The van der Waals surface area contributed by atoms with Gasteiger partial charge in [-0.1, -0.05) is 52.8 Å². The van der Waals surface area contributed by atoms with E-state index in [0.29, 0.717) is 17.5 Å². The molecule has 0 bridgehead atoms. The second kappa shape index (κ2) is 11.2. The first-order valence-electron chi connectivity index (χ1n) is 9.98. The van der Waals surface area contributed by atoms with Gasteiger partial charge in [0.05, 0.1) is 5.75 Å². The van der Waals surface area contributed by atoms with Crippen molar-refractivity contribution in [2.75, 3.05) is 11.1 Å². The Kier molecular flexibility index (Phi) is 8.31. The van der Waals surface area contributed by atoms with Crippen LogP contribution in [0.5, 0.6) is 5.75 Å². The van der Waals surface area contributed by atoms with Crippen LogP contribution >= 0.6 is 27.7 Å². The van der Waals surface area contributed by atoms with Gasteiger partial charge in [-0.3, -0.25) is 9.36 Å². The van der Waals surface area contributed by atoms with Crippen molar-refractivity contribution in [3.05, 3.63) is 77.0 Å². The third-order valence-corrected chi connectivity index (χ3v) is 6.02. The maximum atomic E-state index is 12.3. The van der Waals surface area contributed by atoms with Crippen LogP contribution in [0, 0.1) is 0 Å². The highest BCUT2D eigenvalue weighted by atomic mass is 79.9. The minimum Gasteiger partial charge on any atom is -0.483 e. The lowest BCUT2D eigenvalue weighted by molar-refractivity contribution is -0.113. The van der Waals surface area contributed by atoms with Crippen LogP contribution in [0.3, 0.4) is 0 Å². The van der Waals surface area contributed by atoms with E-state index < -0.39 is 0 Å². The predicted molar refractivity (Wildman–Crippen MR) is 129 cm³/mol. The topological polar surface area (TPSA) is 69.0 Å².